The van der Waals surface area contributed by atoms with E-state index in [1.807, 2.05) is 32.0 Å². The van der Waals surface area contributed by atoms with Gasteiger partial charge in [0, 0.05) is 24.8 Å². The van der Waals surface area contributed by atoms with Crippen LogP contribution in [0.25, 0.3) is 11.1 Å². The number of amides is 1. The van der Waals surface area contributed by atoms with E-state index in [-0.39, 0.29) is 17.7 Å². The van der Waals surface area contributed by atoms with Gasteiger partial charge in [-0.05, 0) is 87.6 Å². The maximum atomic E-state index is 15.6. The number of rotatable bonds is 11. The highest BCUT2D eigenvalue weighted by Crippen LogP contribution is 2.36. The monoisotopic (exact) mass is 583 g/mol. The van der Waals surface area contributed by atoms with Gasteiger partial charge in [-0.1, -0.05) is 18.2 Å². The summed E-state index contributed by atoms with van der Waals surface area (Å²) in [5.41, 5.74) is 2.86. The van der Waals surface area contributed by atoms with Crippen LogP contribution in [0.15, 0.2) is 47.4 Å². The van der Waals surface area contributed by atoms with Gasteiger partial charge in [0.2, 0.25) is 5.91 Å². The number of pyridine rings is 1. The number of carbonyl (C=O) groups excluding carboxylic acids is 2. The van der Waals surface area contributed by atoms with Gasteiger partial charge in [-0.15, -0.1) is 0 Å². The molecule has 0 spiro atoms. The summed E-state index contributed by atoms with van der Waals surface area (Å²) >= 11 is 0. The average Bonchev–Trinajstić information content (AvgIpc) is 2.91. The fraction of sp³-hybridized carbons (Fsp3) is 0.406. The Kier molecular flexibility index (Phi) is 10.8. The van der Waals surface area contributed by atoms with E-state index in [0.717, 1.165) is 22.8 Å². The van der Waals surface area contributed by atoms with Crippen LogP contribution in [0.5, 0.6) is 0 Å². The van der Waals surface area contributed by atoms with Crippen molar-refractivity contribution in [2.45, 2.75) is 66.3 Å². The minimum absolute atomic E-state index is 0.0690. The molecule has 0 saturated carbocycles. The second-order valence-corrected chi connectivity index (χ2v) is 10.7. The predicted molar refractivity (Wildman–Crippen MR) is 157 cm³/mol. The molecule has 10 heteroatoms. The van der Waals surface area contributed by atoms with Crippen molar-refractivity contribution in [3.8, 4) is 11.1 Å². The Hall–Kier alpha value is -3.89. The fourth-order valence-electron chi connectivity index (χ4n) is 5.27. The number of aliphatic hydroxyl groups is 1. The van der Waals surface area contributed by atoms with E-state index in [9.17, 15) is 19.5 Å². The summed E-state index contributed by atoms with van der Waals surface area (Å²) in [5.74, 6) is -3.57. The highest BCUT2D eigenvalue weighted by molar-refractivity contribution is 5.81. The minimum Gasteiger partial charge on any atom is -0.466 e. The third-order valence-electron chi connectivity index (χ3n) is 7.27. The number of aliphatic hydroxyl groups excluding tert-OH is 1. The van der Waals surface area contributed by atoms with Crippen LogP contribution >= 0.6 is 0 Å². The standard InChI is InChI=1S/C32H39F2N3O5/c1-8-42-27(39)16-25(23-14-22(15-24(33)30(23)34)28-19(4)10-9-11-20(28)5)37(18(2)3)26(38)17-35-31(40)29-21(6)12-13-36(7)32(29)41/h9-15,18,25,31,35,40H,8,16-17H2,1-7H3. The minimum atomic E-state index is -1.46. The summed E-state index contributed by atoms with van der Waals surface area (Å²) in [6.07, 6.45) is -0.321. The van der Waals surface area contributed by atoms with Crippen LogP contribution in [0.4, 0.5) is 8.78 Å². The van der Waals surface area contributed by atoms with Crippen molar-refractivity contribution in [2.24, 2.45) is 7.05 Å². The molecule has 1 amide bonds. The van der Waals surface area contributed by atoms with Crippen molar-refractivity contribution < 1.29 is 28.2 Å². The van der Waals surface area contributed by atoms with Gasteiger partial charge in [0.05, 0.1) is 31.2 Å². The van der Waals surface area contributed by atoms with Crippen molar-refractivity contribution in [3.63, 3.8) is 0 Å². The predicted octanol–water partition coefficient (Wildman–Crippen LogP) is 4.77. The molecule has 8 nitrogen and oxygen atoms in total. The van der Waals surface area contributed by atoms with Crippen LogP contribution < -0.4 is 10.9 Å². The summed E-state index contributed by atoms with van der Waals surface area (Å²) in [5, 5.41) is 13.4. The lowest BCUT2D eigenvalue weighted by Gasteiger charge is -2.36. The number of hydrogen-bond acceptors (Lipinski definition) is 6. The summed E-state index contributed by atoms with van der Waals surface area (Å²) in [4.78, 5) is 40.3. The average molecular weight is 584 g/mol. The number of aryl methyl sites for hydroxylation is 4. The number of carbonyl (C=O) groups is 2. The van der Waals surface area contributed by atoms with Gasteiger partial charge in [0.15, 0.2) is 11.6 Å². The quantitative estimate of drug-likeness (QED) is 0.249. The van der Waals surface area contributed by atoms with Crippen molar-refractivity contribution >= 4 is 11.9 Å². The van der Waals surface area contributed by atoms with Gasteiger partial charge in [-0.3, -0.25) is 19.7 Å². The molecule has 0 radical (unpaired) electrons. The van der Waals surface area contributed by atoms with Crippen LogP contribution in [-0.4, -0.2) is 45.6 Å². The Labute approximate surface area is 244 Å². The van der Waals surface area contributed by atoms with Gasteiger partial charge in [0.1, 0.15) is 6.23 Å². The molecule has 0 aliphatic heterocycles. The number of nitrogens with zero attached hydrogens (tertiary/aromatic N) is 2. The number of esters is 1. The van der Waals surface area contributed by atoms with E-state index in [0.29, 0.717) is 11.1 Å². The number of benzene rings is 2. The Bertz CT molecular complexity index is 1500. The first-order valence-electron chi connectivity index (χ1n) is 13.9. The van der Waals surface area contributed by atoms with E-state index in [1.165, 1.54) is 15.5 Å². The maximum absolute atomic E-state index is 15.6. The normalized spacial score (nSPS) is 12.7. The van der Waals surface area contributed by atoms with Gasteiger partial charge in [-0.2, -0.15) is 0 Å². The molecule has 0 aliphatic rings. The summed E-state index contributed by atoms with van der Waals surface area (Å²) in [7, 11) is 1.55. The molecular weight excluding hydrogens is 544 g/mol. The zero-order chi connectivity index (χ0) is 31.3. The van der Waals surface area contributed by atoms with Crippen LogP contribution in [0.1, 0.15) is 67.3 Å². The van der Waals surface area contributed by atoms with E-state index < -0.39 is 60.3 Å². The zero-order valence-corrected chi connectivity index (χ0v) is 25.1. The lowest BCUT2D eigenvalue weighted by atomic mass is 9.91. The molecule has 2 aromatic carbocycles. The topological polar surface area (TPSA) is 101 Å². The summed E-state index contributed by atoms with van der Waals surface area (Å²) < 4.78 is 37.2. The highest BCUT2D eigenvalue weighted by Gasteiger charge is 2.34. The molecule has 2 atom stereocenters. The van der Waals surface area contributed by atoms with Gasteiger partial charge >= 0.3 is 5.97 Å². The van der Waals surface area contributed by atoms with Gasteiger partial charge in [0.25, 0.3) is 5.56 Å². The first-order chi connectivity index (χ1) is 19.8. The smallest absolute Gasteiger partial charge is 0.308 e. The number of hydrogen-bond donors (Lipinski definition) is 2. The molecule has 42 heavy (non-hydrogen) atoms. The maximum Gasteiger partial charge on any atom is 0.308 e. The number of halogens is 2. The Morgan fingerprint density at radius 2 is 1.71 bits per heavy atom. The van der Waals surface area contributed by atoms with Crippen molar-refractivity contribution in [2.75, 3.05) is 13.2 Å². The van der Waals surface area contributed by atoms with E-state index in [4.69, 9.17) is 4.74 Å². The molecule has 0 bridgehead atoms. The molecular formula is C32H39F2N3O5. The first kappa shape index (κ1) is 32.6. The van der Waals surface area contributed by atoms with Crippen LogP contribution in [0.3, 0.4) is 0 Å². The molecule has 1 heterocycles. The number of aromatic nitrogens is 1. The van der Waals surface area contributed by atoms with Crippen molar-refractivity contribution in [1.82, 2.24) is 14.8 Å². The Morgan fingerprint density at radius 3 is 2.31 bits per heavy atom. The Morgan fingerprint density at radius 1 is 1.07 bits per heavy atom. The summed E-state index contributed by atoms with van der Waals surface area (Å²) in [6.45, 7) is 10.0. The van der Waals surface area contributed by atoms with Gasteiger partial charge < -0.3 is 19.3 Å². The molecule has 3 aromatic rings. The molecule has 2 unspecified atom stereocenters. The Balaban J connectivity index is 2.06. The molecule has 2 N–H and O–H groups in total. The third-order valence-corrected chi connectivity index (χ3v) is 7.27. The largest absolute Gasteiger partial charge is 0.466 e. The highest BCUT2D eigenvalue weighted by atomic mass is 19.2. The van der Waals surface area contributed by atoms with Crippen LogP contribution in [0.2, 0.25) is 0 Å². The first-order valence-corrected chi connectivity index (χ1v) is 13.9. The second-order valence-electron chi connectivity index (χ2n) is 10.7. The number of ether oxygens (including phenoxy) is 1. The lowest BCUT2D eigenvalue weighted by molar-refractivity contribution is -0.146. The molecule has 0 aliphatic carbocycles. The SMILES string of the molecule is CCOC(=O)CC(c1cc(-c2c(C)cccc2C)cc(F)c1F)N(C(=O)CNC(O)c1c(C)ccn(C)c1=O)C(C)C. The number of nitrogens with one attached hydrogen (secondary N) is 1. The molecule has 0 fully saturated rings. The fourth-order valence-corrected chi connectivity index (χ4v) is 5.27. The zero-order valence-electron chi connectivity index (χ0n) is 25.1. The summed E-state index contributed by atoms with van der Waals surface area (Å²) in [6, 6.07) is 8.06. The van der Waals surface area contributed by atoms with E-state index in [1.54, 1.807) is 47.0 Å². The van der Waals surface area contributed by atoms with E-state index in [2.05, 4.69) is 5.32 Å². The molecule has 1 aromatic heterocycles. The van der Waals surface area contributed by atoms with Crippen molar-refractivity contribution in [3.05, 3.63) is 92.4 Å². The second kappa shape index (κ2) is 13.8. The van der Waals surface area contributed by atoms with E-state index >= 15 is 8.78 Å². The van der Waals surface area contributed by atoms with Crippen molar-refractivity contribution in [1.29, 1.82) is 0 Å². The van der Waals surface area contributed by atoms with Crippen LogP contribution in [0, 0.1) is 32.4 Å². The lowest BCUT2D eigenvalue weighted by Crippen LogP contribution is -2.46. The molecule has 3 rings (SSSR count). The molecule has 226 valence electrons. The van der Waals surface area contributed by atoms with Gasteiger partial charge in [-0.25, -0.2) is 8.78 Å². The third kappa shape index (κ3) is 7.11. The molecule has 0 saturated heterocycles. The van der Waals surface area contributed by atoms with Crippen LogP contribution in [-0.2, 0) is 21.4 Å².